The summed E-state index contributed by atoms with van der Waals surface area (Å²) in [6.45, 7) is 3.72. The average molecular weight is 256 g/mol. The summed E-state index contributed by atoms with van der Waals surface area (Å²) in [4.78, 5) is 0. The fourth-order valence-electron chi connectivity index (χ4n) is 1.82. The van der Waals surface area contributed by atoms with Crippen LogP contribution in [0.25, 0.3) is 6.08 Å². The van der Waals surface area contributed by atoms with Crippen LogP contribution in [0.3, 0.4) is 0 Å². The molecule has 0 saturated carbocycles. The van der Waals surface area contributed by atoms with Crippen molar-refractivity contribution >= 4 is 6.08 Å². The smallest absolute Gasteiger partial charge is 0.123 e. The number of hydrogen-bond donors (Lipinski definition) is 1. The summed E-state index contributed by atoms with van der Waals surface area (Å²) in [6.07, 6.45) is 3.58. The SMILES string of the molecule is Cc1ccc(/C=C/C(C)(O)c2ccc(F)cc2)cc1. The summed E-state index contributed by atoms with van der Waals surface area (Å²) in [5.74, 6) is -0.304. The molecular formula is C17H17FO. The van der Waals surface area contributed by atoms with Crippen molar-refractivity contribution in [1.29, 1.82) is 0 Å². The molecule has 98 valence electrons. The molecule has 0 fully saturated rings. The van der Waals surface area contributed by atoms with E-state index in [0.717, 1.165) is 5.56 Å². The van der Waals surface area contributed by atoms with Crippen molar-refractivity contribution in [3.8, 4) is 0 Å². The molecule has 19 heavy (non-hydrogen) atoms. The highest BCUT2D eigenvalue weighted by molar-refractivity contribution is 5.51. The Morgan fingerprint density at radius 2 is 1.58 bits per heavy atom. The first kappa shape index (κ1) is 13.5. The van der Waals surface area contributed by atoms with Gasteiger partial charge in [0.05, 0.1) is 0 Å². The number of halogens is 1. The predicted molar refractivity (Wildman–Crippen MR) is 76.2 cm³/mol. The monoisotopic (exact) mass is 256 g/mol. The van der Waals surface area contributed by atoms with E-state index in [1.165, 1.54) is 17.7 Å². The fourth-order valence-corrected chi connectivity index (χ4v) is 1.82. The van der Waals surface area contributed by atoms with Crippen molar-refractivity contribution in [3.63, 3.8) is 0 Å². The Morgan fingerprint density at radius 3 is 2.16 bits per heavy atom. The molecule has 0 aromatic heterocycles. The normalized spacial score (nSPS) is 14.5. The molecule has 0 aliphatic carbocycles. The molecule has 2 rings (SSSR count). The van der Waals surface area contributed by atoms with Gasteiger partial charge in [0, 0.05) is 0 Å². The van der Waals surface area contributed by atoms with Crippen molar-refractivity contribution < 1.29 is 9.50 Å². The van der Waals surface area contributed by atoms with E-state index in [2.05, 4.69) is 0 Å². The quantitative estimate of drug-likeness (QED) is 0.878. The lowest BCUT2D eigenvalue weighted by atomic mass is 9.95. The minimum absolute atomic E-state index is 0.304. The molecule has 0 aliphatic heterocycles. The second-order valence-corrected chi connectivity index (χ2v) is 4.90. The Bertz CT molecular complexity index is 565. The molecule has 1 unspecified atom stereocenters. The minimum Gasteiger partial charge on any atom is -0.381 e. The van der Waals surface area contributed by atoms with Gasteiger partial charge in [0.1, 0.15) is 11.4 Å². The second-order valence-electron chi connectivity index (χ2n) is 4.90. The van der Waals surface area contributed by atoms with Crippen LogP contribution in [0.15, 0.2) is 54.6 Å². The van der Waals surface area contributed by atoms with Crippen LogP contribution in [0.4, 0.5) is 4.39 Å². The van der Waals surface area contributed by atoms with Crippen LogP contribution in [0.5, 0.6) is 0 Å². The second kappa shape index (κ2) is 5.37. The van der Waals surface area contributed by atoms with Crippen molar-refractivity contribution in [2.45, 2.75) is 19.4 Å². The number of benzene rings is 2. The Kier molecular flexibility index (Phi) is 3.82. The van der Waals surface area contributed by atoms with E-state index in [1.807, 2.05) is 37.3 Å². The van der Waals surface area contributed by atoms with Gasteiger partial charge in [-0.1, -0.05) is 48.0 Å². The van der Waals surface area contributed by atoms with Crippen LogP contribution in [-0.4, -0.2) is 5.11 Å². The molecular weight excluding hydrogens is 239 g/mol. The fraction of sp³-hybridized carbons (Fsp3) is 0.176. The van der Waals surface area contributed by atoms with Crippen LogP contribution in [-0.2, 0) is 5.60 Å². The zero-order valence-corrected chi connectivity index (χ0v) is 11.1. The van der Waals surface area contributed by atoms with Crippen LogP contribution < -0.4 is 0 Å². The van der Waals surface area contributed by atoms with E-state index < -0.39 is 5.60 Å². The maximum Gasteiger partial charge on any atom is 0.123 e. The lowest BCUT2D eigenvalue weighted by Gasteiger charge is -2.19. The van der Waals surface area contributed by atoms with Gasteiger partial charge in [-0.2, -0.15) is 0 Å². The number of aryl methyl sites for hydroxylation is 1. The first-order valence-electron chi connectivity index (χ1n) is 6.22. The Morgan fingerprint density at radius 1 is 1.00 bits per heavy atom. The Balaban J connectivity index is 2.20. The van der Waals surface area contributed by atoms with Gasteiger partial charge in [0.15, 0.2) is 0 Å². The summed E-state index contributed by atoms with van der Waals surface area (Å²) in [7, 11) is 0. The molecule has 2 heteroatoms. The van der Waals surface area contributed by atoms with Gasteiger partial charge < -0.3 is 5.11 Å². The Hall–Kier alpha value is -1.93. The largest absolute Gasteiger partial charge is 0.381 e. The summed E-state index contributed by atoms with van der Waals surface area (Å²) >= 11 is 0. The molecule has 2 aromatic carbocycles. The lowest BCUT2D eigenvalue weighted by molar-refractivity contribution is 0.112. The maximum atomic E-state index is 12.9. The van der Waals surface area contributed by atoms with Crippen LogP contribution in [0.1, 0.15) is 23.6 Å². The standard InChI is InChI=1S/C17H17FO/c1-13-3-5-14(6-4-13)11-12-17(2,19)15-7-9-16(18)10-8-15/h3-12,19H,1-2H3/b12-11+. The molecule has 2 aromatic rings. The number of rotatable bonds is 3. The van der Waals surface area contributed by atoms with Gasteiger partial charge in [-0.15, -0.1) is 0 Å². The lowest BCUT2D eigenvalue weighted by Crippen LogP contribution is -2.17. The first-order chi connectivity index (χ1) is 8.97. The van der Waals surface area contributed by atoms with Gasteiger partial charge >= 0.3 is 0 Å². The third-order valence-corrected chi connectivity index (χ3v) is 3.11. The molecule has 0 aliphatic rings. The van der Waals surface area contributed by atoms with Crippen molar-refractivity contribution in [2.75, 3.05) is 0 Å². The van der Waals surface area contributed by atoms with E-state index in [0.29, 0.717) is 5.56 Å². The summed E-state index contributed by atoms with van der Waals surface area (Å²) in [5.41, 5.74) is 1.77. The van der Waals surface area contributed by atoms with E-state index in [1.54, 1.807) is 25.1 Å². The molecule has 1 nitrogen and oxygen atoms in total. The zero-order valence-electron chi connectivity index (χ0n) is 11.1. The van der Waals surface area contributed by atoms with Crippen LogP contribution in [0.2, 0.25) is 0 Å². The zero-order chi connectivity index (χ0) is 13.9. The van der Waals surface area contributed by atoms with E-state index in [-0.39, 0.29) is 5.82 Å². The highest BCUT2D eigenvalue weighted by Gasteiger charge is 2.18. The molecule has 1 atom stereocenters. The van der Waals surface area contributed by atoms with E-state index >= 15 is 0 Å². The molecule has 0 heterocycles. The molecule has 0 spiro atoms. The summed E-state index contributed by atoms with van der Waals surface area (Å²) in [5, 5.41) is 10.4. The number of hydrogen-bond acceptors (Lipinski definition) is 1. The van der Waals surface area contributed by atoms with E-state index in [4.69, 9.17) is 0 Å². The van der Waals surface area contributed by atoms with Crippen molar-refractivity contribution in [1.82, 2.24) is 0 Å². The molecule has 1 N–H and O–H groups in total. The van der Waals surface area contributed by atoms with E-state index in [9.17, 15) is 9.50 Å². The van der Waals surface area contributed by atoms with Gasteiger partial charge in [0.2, 0.25) is 0 Å². The van der Waals surface area contributed by atoms with Gasteiger partial charge in [-0.25, -0.2) is 4.39 Å². The van der Waals surface area contributed by atoms with Crippen LogP contribution >= 0.6 is 0 Å². The van der Waals surface area contributed by atoms with Gasteiger partial charge in [-0.3, -0.25) is 0 Å². The van der Waals surface area contributed by atoms with Crippen molar-refractivity contribution in [3.05, 3.63) is 77.1 Å². The van der Waals surface area contributed by atoms with Gasteiger partial charge in [-0.05, 0) is 43.2 Å². The predicted octanol–water partition coefficient (Wildman–Crippen LogP) is 4.06. The summed E-state index contributed by atoms with van der Waals surface area (Å²) < 4.78 is 12.9. The third kappa shape index (κ3) is 3.52. The third-order valence-electron chi connectivity index (χ3n) is 3.11. The molecule has 0 saturated heterocycles. The molecule has 0 radical (unpaired) electrons. The number of aliphatic hydroxyl groups is 1. The highest BCUT2D eigenvalue weighted by Crippen LogP contribution is 2.23. The van der Waals surface area contributed by atoms with Gasteiger partial charge in [0.25, 0.3) is 0 Å². The Labute approximate surface area is 113 Å². The topological polar surface area (TPSA) is 20.2 Å². The maximum absolute atomic E-state index is 12.9. The average Bonchev–Trinajstić information content (AvgIpc) is 2.39. The minimum atomic E-state index is -1.11. The highest BCUT2D eigenvalue weighted by atomic mass is 19.1. The molecule has 0 bridgehead atoms. The summed E-state index contributed by atoms with van der Waals surface area (Å²) in [6, 6.07) is 13.9. The first-order valence-corrected chi connectivity index (χ1v) is 6.22. The van der Waals surface area contributed by atoms with Crippen molar-refractivity contribution in [2.24, 2.45) is 0 Å². The molecule has 0 amide bonds. The van der Waals surface area contributed by atoms with Crippen LogP contribution in [0, 0.1) is 12.7 Å².